The van der Waals surface area contributed by atoms with Crippen LogP contribution in [0.5, 0.6) is 0 Å². The number of amides is 1. The van der Waals surface area contributed by atoms with Crippen LogP contribution in [-0.4, -0.2) is 32.6 Å². The van der Waals surface area contributed by atoms with Crippen LogP contribution in [0.15, 0.2) is 18.3 Å². The molecule has 20 heavy (non-hydrogen) atoms. The monoisotopic (exact) mass is 277 g/mol. The highest BCUT2D eigenvalue weighted by molar-refractivity contribution is 5.92. The third-order valence-electron chi connectivity index (χ3n) is 2.95. The number of aromatic amines is 2. The Labute approximate surface area is 114 Å². The Morgan fingerprint density at radius 2 is 2.30 bits per heavy atom. The summed E-state index contributed by atoms with van der Waals surface area (Å²) in [5.74, 6) is -0.536. The second-order valence-electron chi connectivity index (χ2n) is 4.39. The second-order valence-corrected chi connectivity index (χ2v) is 4.39. The van der Waals surface area contributed by atoms with E-state index in [4.69, 9.17) is 0 Å². The molecule has 0 aliphatic carbocycles. The normalized spacial score (nSPS) is 10.4. The summed E-state index contributed by atoms with van der Waals surface area (Å²) in [7, 11) is 0. The van der Waals surface area contributed by atoms with Gasteiger partial charge in [-0.3, -0.25) is 9.89 Å². The Hall–Kier alpha value is -2.64. The van der Waals surface area contributed by atoms with Crippen LogP contribution in [0.1, 0.15) is 28.2 Å². The minimum atomic E-state index is -0.571. The van der Waals surface area contributed by atoms with Crippen LogP contribution in [0.25, 0.3) is 0 Å². The molecule has 0 fully saturated rings. The van der Waals surface area contributed by atoms with E-state index in [1.54, 1.807) is 6.20 Å². The maximum Gasteiger partial charge on any atom is 0.321 e. The molecule has 0 saturated heterocycles. The molecular formula is C12H15N5O3. The van der Waals surface area contributed by atoms with E-state index in [-0.39, 0.29) is 17.4 Å². The van der Waals surface area contributed by atoms with Gasteiger partial charge >= 0.3 is 5.82 Å². The van der Waals surface area contributed by atoms with E-state index in [1.165, 1.54) is 12.1 Å². The Morgan fingerprint density at radius 3 is 2.90 bits per heavy atom. The van der Waals surface area contributed by atoms with Crippen molar-refractivity contribution in [2.24, 2.45) is 0 Å². The van der Waals surface area contributed by atoms with Crippen molar-refractivity contribution in [2.75, 3.05) is 6.54 Å². The highest BCUT2D eigenvalue weighted by atomic mass is 16.6. The molecule has 3 N–H and O–H groups in total. The summed E-state index contributed by atoms with van der Waals surface area (Å²) in [5.41, 5.74) is 2.34. The lowest BCUT2D eigenvalue weighted by atomic mass is 10.1. The fourth-order valence-electron chi connectivity index (χ4n) is 1.83. The topological polar surface area (TPSA) is 117 Å². The molecule has 0 unspecified atom stereocenters. The first kappa shape index (κ1) is 13.8. The molecule has 0 spiro atoms. The van der Waals surface area contributed by atoms with Gasteiger partial charge in [0.2, 0.25) is 0 Å². The molecule has 2 rings (SSSR count). The van der Waals surface area contributed by atoms with Gasteiger partial charge in [-0.15, -0.1) is 0 Å². The average molecular weight is 277 g/mol. The molecule has 106 valence electrons. The number of rotatable bonds is 6. The van der Waals surface area contributed by atoms with Crippen LogP contribution < -0.4 is 5.32 Å². The SMILES string of the molecule is Cc1[nH]ncc1CCCNC(=O)c1ccc([N+](=O)[O-])[nH]1. The number of carbonyl (C=O) groups is 1. The first-order valence-corrected chi connectivity index (χ1v) is 6.18. The van der Waals surface area contributed by atoms with Crippen molar-refractivity contribution in [3.8, 4) is 0 Å². The van der Waals surface area contributed by atoms with Gasteiger partial charge < -0.3 is 15.4 Å². The minimum absolute atomic E-state index is 0.191. The van der Waals surface area contributed by atoms with E-state index in [0.29, 0.717) is 6.54 Å². The number of H-pyrrole nitrogens is 2. The van der Waals surface area contributed by atoms with Crippen LogP contribution in [0.2, 0.25) is 0 Å². The molecule has 2 heterocycles. The smallest absolute Gasteiger partial charge is 0.321 e. The molecule has 0 atom stereocenters. The molecule has 2 aromatic rings. The fourth-order valence-corrected chi connectivity index (χ4v) is 1.83. The van der Waals surface area contributed by atoms with Gasteiger partial charge in [0.05, 0.1) is 6.20 Å². The number of carbonyl (C=O) groups excluding carboxylic acids is 1. The highest BCUT2D eigenvalue weighted by Crippen LogP contribution is 2.10. The number of aromatic nitrogens is 3. The first-order valence-electron chi connectivity index (χ1n) is 6.18. The summed E-state index contributed by atoms with van der Waals surface area (Å²) in [4.78, 5) is 24.1. The van der Waals surface area contributed by atoms with Gasteiger partial charge in [-0.25, -0.2) is 4.98 Å². The molecule has 8 heteroatoms. The zero-order chi connectivity index (χ0) is 14.5. The van der Waals surface area contributed by atoms with E-state index in [9.17, 15) is 14.9 Å². The van der Waals surface area contributed by atoms with Crippen LogP contribution in [0, 0.1) is 17.0 Å². The lowest BCUT2D eigenvalue weighted by Gasteiger charge is -2.02. The molecule has 0 bridgehead atoms. The predicted molar refractivity (Wildman–Crippen MR) is 71.4 cm³/mol. The lowest BCUT2D eigenvalue weighted by molar-refractivity contribution is -0.389. The fraction of sp³-hybridized carbons (Fsp3) is 0.333. The van der Waals surface area contributed by atoms with Crippen molar-refractivity contribution in [2.45, 2.75) is 19.8 Å². The van der Waals surface area contributed by atoms with Gasteiger partial charge in [0.25, 0.3) is 5.91 Å². The van der Waals surface area contributed by atoms with E-state index >= 15 is 0 Å². The van der Waals surface area contributed by atoms with E-state index in [2.05, 4.69) is 20.5 Å². The summed E-state index contributed by atoms with van der Waals surface area (Å²) in [6, 6.07) is 2.66. The summed E-state index contributed by atoms with van der Waals surface area (Å²) in [6.45, 7) is 2.44. The number of nitro groups is 1. The lowest BCUT2D eigenvalue weighted by Crippen LogP contribution is -2.25. The van der Waals surface area contributed by atoms with Crippen molar-refractivity contribution < 1.29 is 9.72 Å². The summed E-state index contributed by atoms with van der Waals surface area (Å²) < 4.78 is 0. The number of nitrogens with zero attached hydrogens (tertiary/aromatic N) is 2. The molecule has 0 aliphatic rings. The molecule has 0 saturated carbocycles. The van der Waals surface area contributed by atoms with Crippen LogP contribution in [0.3, 0.4) is 0 Å². The number of aryl methyl sites for hydroxylation is 2. The van der Waals surface area contributed by atoms with Gasteiger partial charge in [-0.2, -0.15) is 5.10 Å². The van der Waals surface area contributed by atoms with Crippen molar-refractivity contribution in [3.63, 3.8) is 0 Å². The van der Waals surface area contributed by atoms with E-state index < -0.39 is 4.92 Å². The highest BCUT2D eigenvalue weighted by Gasteiger charge is 2.14. The van der Waals surface area contributed by atoms with Gasteiger partial charge in [0.1, 0.15) is 0 Å². The number of hydrogen-bond donors (Lipinski definition) is 3. The van der Waals surface area contributed by atoms with Crippen molar-refractivity contribution in [1.29, 1.82) is 0 Å². The molecule has 2 aromatic heterocycles. The van der Waals surface area contributed by atoms with Gasteiger partial charge in [0, 0.05) is 18.3 Å². The molecular weight excluding hydrogens is 262 g/mol. The van der Waals surface area contributed by atoms with Gasteiger partial charge in [-0.1, -0.05) is 0 Å². The van der Waals surface area contributed by atoms with Crippen molar-refractivity contribution >= 4 is 11.7 Å². The Bertz CT molecular complexity index is 616. The average Bonchev–Trinajstić information content (AvgIpc) is 3.03. The zero-order valence-corrected chi connectivity index (χ0v) is 11.0. The summed E-state index contributed by atoms with van der Waals surface area (Å²) in [5, 5.41) is 20.0. The van der Waals surface area contributed by atoms with Crippen molar-refractivity contribution in [1.82, 2.24) is 20.5 Å². The van der Waals surface area contributed by atoms with Crippen LogP contribution in [0.4, 0.5) is 5.82 Å². The third kappa shape index (κ3) is 3.22. The second kappa shape index (κ2) is 6.00. The van der Waals surface area contributed by atoms with E-state index in [0.717, 1.165) is 24.1 Å². The van der Waals surface area contributed by atoms with Crippen LogP contribution in [-0.2, 0) is 6.42 Å². The quantitative estimate of drug-likeness (QED) is 0.419. The molecule has 0 aromatic carbocycles. The van der Waals surface area contributed by atoms with E-state index in [1.807, 2.05) is 6.92 Å². The summed E-state index contributed by atoms with van der Waals surface area (Å²) >= 11 is 0. The van der Waals surface area contributed by atoms with Crippen molar-refractivity contribution in [3.05, 3.63) is 45.4 Å². The largest absolute Gasteiger partial charge is 0.358 e. The maximum atomic E-state index is 11.7. The zero-order valence-electron chi connectivity index (χ0n) is 11.0. The van der Waals surface area contributed by atoms with Gasteiger partial charge in [-0.05, 0) is 36.3 Å². The Morgan fingerprint density at radius 1 is 1.50 bits per heavy atom. The number of nitrogens with one attached hydrogen (secondary N) is 3. The molecule has 1 amide bonds. The van der Waals surface area contributed by atoms with Gasteiger partial charge in [0.15, 0.2) is 5.69 Å². The maximum absolute atomic E-state index is 11.7. The Balaban J connectivity index is 1.77. The molecule has 0 radical (unpaired) electrons. The Kier molecular flexibility index (Phi) is 4.14. The third-order valence-corrected chi connectivity index (χ3v) is 2.95. The minimum Gasteiger partial charge on any atom is -0.358 e. The predicted octanol–water partition coefficient (Wildman–Crippen LogP) is 1.32. The summed E-state index contributed by atoms with van der Waals surface area (Å²) in [6.07, 6.45) is 3.36. The van der Waals surface area contributed by atoms with Crippen LogP contribution >= 0.6 is 0 Å². The molecule has 8 nitrogen and oxygen atoms in total. The standard InChI is InChI=1S/C12H15N5O3/c1-8-9(7-14-16-8)3-2-6-13-12(18)10-4-5-11(15-10)17(19)20/h4-5,7,15H,2-3,6H2,1H3,(H,13,18)(H,14,16). The molecule has 0 aliphatic heterocycles. The first-order chi connectivity index (χ1) is 9.58. The number of hydrogen-bond acceptors (Lipinski definition) is 4.